The lowest BCUT2D eigenvalue weighted by Crippen LogP contribution is -2.27. The second-order valence-corrected chi connectivity index (χ2v) is 13.3. The van der Waals surface area contributed by atoms with E-state index in [1.165, 1.54) is 86.4 Å². The van der Waals surface area contributed by atoms with E-state index < -0.39 is 0 Å². The second-order valence-electron chi connectivity index (χ2n) is 10.3. The molecule has 0 aliphatic carbocycles. The van der Waals surface area contributed by atoms with Gasteiger partial charge in [0.1, 0.15) is 0 Å². The van der Waals surface area contributed by atoms with Gasteiger partial charge in [0.25, 0.3) is 0 Å². The van der Waals surface area contributed by atoms with Gasteiger partial charge in [-0.15, -0.1) is 23.5 Å². The maximum absolute atomic E-state index is 2.47. The smallest absolute Gasteiger partial charge is 0.0865 e. The molecule has 2 aromatic rings. The van der Waals surface area contributed by atoms with Crippen LogP contribution < -0.4 is 0 Å². The molecule has 1 saturated heterocycles. The van der Waals surface area contributed by atoms with E-state index in [-0.39, 0.29) is 4.08 Å². The molecule has 0 amide bonds. The van der Waals surface area contributed by atoms with Gasteiger partial charge in [-0.2, -0.15) is 0 Å². The minimum Gasteiger partial charge on any atom is -0.139 e. The van der Waals surface area contributed by atoms with E-state index in [2.05, 4.69) is 99.7 Å². The Balaban J connectivity index is 2.03. The minimum atomic E-state index is 0.195. The van der Waals surface area contributed by atoms with Crippen LogP contribution in [0.1, 0.15) is 98.9 Å². The van der Waals surface area contributed by atoms with Crippen molar-refractivity contribution in [1.82, 2.24) is 0 Å². The van der Waals surface area contributed by atoms with Gasteiger partial charge < -0.3 is 0 Å². The lowest BCUT2D eigenvalue weighted by atomic mass is 9.81. The fraction of sp³-hybridized carbons (Fsp3) is 0.600. The van der Waals surface area contributed by atoms with E-state index in [4.69, 9.17) is 0 Å². The quantitative estimate of drug-likeness (QED) is 0.428. The van der Waals surface area contributed by atoms with E-state index in [0.29, 0.717) is 5.92 Å². The van der Waals surface area contributed by atoms with Crippen molar-refractivity contribution >= 4 is 23.5 Å². The fourth-order valence-corrected chi connectivity index (χ4v) is 9.56. The minimum absolute atomic E-state index is 0.195. The van der Waals surface area contributed by atoms with E-state index in [1.807, 2.05) is 0 Å². The van der Waals surface area contributed by atoms with Gasteiger partial charge in [-0.05, 0) is 173 Å². The summed E-state index contributed by atoms with van der Waals surface area (Å²) in [6, 6.07) is 0. The highest BCUT2D eigenvalue weighted by molar-refractivity contribution is 8.18. The van der Waals surface area contributed by atoms with Gasteiger partial charge >= 0.3 is 0 Å². The van der Waals surface area contributed by atoms with Crippen LogP contribution in [0.15, 0.2) is 0 Å². The molecule has 1 heterocycles. The van der Waals surface area contributed by atoms with Crippen LogP contribution in [0.3, 0.4) is 0 Å². The molecular weight excluding hydrogens is 424 g/mol. The monoisotopic (exact) mass is 468 g/mol. The topological polar surface area (TPSA) is 0 Å². The van der Waals surface area contributed by atoms with Crippen molar-refractivity contribution < 1.29 is 0 Å². The van der Waals surface area contributed by atoms with Crippen molar-refractivity contribution in [2.45, 2.75) is 105 Å². The lowest BCUT2D eigenvalue weighted by molar-refractivity contribution is 0.596. The third kappa shape index (κ3) is 4.31. The summed E-state index contributed by atoms with van der Waals surface area (Å²) in [5, 5.41) is 0. The highest BCUT2D eigenvalue weighted by Gasteiger charge is 2.39. The average molecular weight is 469 g/mol. The summed E-state index contributed by atoms with van der Waals surface area (Å²) in [7, 11) is 0. The Morgan fingerprint density at radius 2 is 0.969 bits per heavy atom. The Labute approximate surface area is 206 Å². The summed E-state index contributed by atoms with van der Waals surface area (Å²) in [6.07, 6.45) is 3.83. The van der Waals surface area contributed by atoms with E-state index in [9.17, 15) is 0 Å². The molecule has 0 radical (unpaired) electrons. The van der Waals surface area contributed by atoms with Crippen molar-refractivity contribution in [1.29, 1.82) is 0 Å². The van der Waals surface area contributed by atoms with Crippen molar-refractivity contribution in [2.24, 2.45) is 0 Å². The normalized spacial score (nSPS) is 17.0. The number of benzene rings is 2. The summed E-state index contributed by atoms with van der Waals surface area (Å²) in [5.74, 6) is 3.15. The van der Waals surface area contributed by atoms with Crippen LogP contribution >= 0.6 is 23.5 Å². The fourth-order valence-electron chi connectivity index (χ4n) is 5.88. The maximum atomic E-state index is 2.47. The molecule has 0 bridgehead atoms. The predicted molar refractivity (Wildman–Crippen MR) is 149 cm³/mol. The van der Waals surface area contributed by atoms with E-state index >= 15 is 0 Å². The molecule has 0 N–H and O–H groups in total. The number of hydrogen-bond donors (Lipinski definition) is 0. The molecule has 0 saturated carbocycles. The first-order valence-corrected chi connectivity index (χ1v) is 14.3. The third-order valence-corrected chi connectivity index (χ3v) is 12.2. The molecule has 1 unspecified atom stereocenters. The molecule has 1 aliphatic heterocycles. The molecule has 1 aliphatic rings. The van der Waals surface area contributed by atoms with E-state index in [0.717, 1.165) is 0 Å². The Bertz CT molecular complexity index is 964. The molecule has 1 fully saturated rings. The first kappa shape index (κ1) is 25.8. The highest BCUT2D eigenvalue weighted by atomic mass is 32.2. The van der Waals surface area contributed by atoms with Gasteiger partial charge in [0.15, 0.2) is 0 Å². The SMILES string of the molecule is Cc1c(C)c(C)c(C(C)CCC2(c3c(C)c(C)c(C)c(C)c3C)SCCCS2)c(C)c1C. The summed E-state index contributed by atoms with van der Waals surface area (Å²) >= 11 is 4.47. The van der Waals surface area contributed by atoms with Gasteiger partial charge in [-0.25, -0.2) is 0 Å². The first-order chi connectivity index (χ1) is 14.9. The third-order valence-electron chi connectivity index (χ3n) is 8.80. The van der Waals surface area contributed by atoms with Gasteiger partial charge in [0.05, 0.1) is 4.08 Å². The van der Waals surface area contributed by atoms with Gasteiger partial charge in [-0.1, -0.05) is 6.92 Å². The second kappa shape index (κ2) is 9.79. The van der Waals surface area contributed by atoms with Crippen LogP contribution in [0.4, 0.5) is 0 Å². The number of thioether (sulfide) groups is 2. The first-order valence-electron chi connectivity index (χ1n) is 12.4. The van der Waals surface area contributed by atoms with Crippen LogP contribution in [0.25, 0.3) is 0 Å². The Hall–Kier alpha value is -0.860. The zero-order valence-corrected chi connectivity index (χ0v) is 24.1. The summed E-state index contributed by atoms with van der Waals surface area (Å²) in [5.41, 5.74) is 18.3. The standard InChI is InChI=1S/C30H44S2/c1-17(28-24(8)20(4)18(2)21(5)25(28)9)13-14-30(31-15-12-16-32-30)29-26(10)22(6)19(3)23(7)27(29)11/h17H,12-16H2,1-11H3. The summed E-state index contributed by atoms with van der Waals surface area (Å²) < 4.78 is 0.195. The molecule has 32 heavy (non-hydrogen) atoms. The molecular formula is C30H44S2. The molecule has 2 heteroatoms. The van der Waals surface area contributed by atoms with Crippen LogP contribution in [-0.2, 0) is 4.08 Å². The molecule has 176 valence electrons. The lowest BCUT2D eigenvalue weighted by Gasteiger charge is -2.41. The van der Waals surface area contributed by atoms with Crippen LogP contribution in [0, 0.1) is 69.2 Å². The van der Waals surface area contributed by atoms with Crippen LogP contribution in [0.5, 0.6) is 0 Å². The number of rotatable bonds is 5. The molecule has 3 rings (SSSR count). The van der Waals surface area contributed by atoms with Crippen molar-refractivity contribution in [3.8, 4) is 0 Å². The highest BCUT2D eigenvalue weighted by Crippen LogP contribution is 2.56. The van der Waals surface area contributed by atoms with Crippen molar-refractivity contribution in [3.05, 3.63) is 66.8 Å². The molecule has 0 aromatic heterocycles. The van der Waals surface area contributed by atoms with Gasteiger partial charge in [-0.3, -0.25) is 0 Å². The maximum Gasteiger partial charge on any atom is 0.0865 e. The molecule has 0 spiro atoms. The van der Waals surface area contributed by atoms with Gasteiger partial charge in [0, 0.05) is 0 Å². The zero-order chi connectivity index (χ0) is 24.0. The van der Waals surface area contributed by atoms with Crippen LogP contribution in [-0.4, -0.2) is 11.5 Å². The number of hydrogen-bond acceptors (Lipinski definition) is 2. The zero-order valence-electron chi connectivity index (χ0n) is 22.4. The van der Waals surface area contributed by atoms with Crippen LogP contribution in [0.2, 0.25) is 0 Å². The summed E-state index contributed by atoms with van der Waals surface area (Å²) in [6.45, 7) is 25.8. The molecule has 1 atom stereocenters. The average Bonchev–Trinajstić information content (AvgIpc) is 2.78. The van der Waals surface area contributed by atoms with Gasteiger partial charge in [0.2, 0.25) is 0 Å². The Kier molecular flexibility index (Phi) is 7.88. The van der Waals surface area contributed by atoms with Crippen molar-refractivity contribution in [2.75, 3.05) is 11.5 Å². The largest absolute Gasteiger partial charge is 0.139 e. The van der Waals surface area contributed by atoms with Crippen molar-refractivity contribution in [3.63, 3.8) is 0 Å². The molecule has 0 nitrogen and oxygen atoms in total. The predicted octanol–water partition coefficient (Wildman–Crippen LogP) is 9.38. The molecule has 2 aromatic carbocycles. The van der Waals surface area contributed by atoms with E-state index in [1.54, 1.807) is 11.1 Å². The summed E-state index contributed by atoms with van der Waals surface area (Å²) in [4.78, 5) is 0. The Morgan fingerprint density at radius 1 is 0.594 bits per heavy atom. The Morgan fingerprint density at radius 3 is 1.41 bits per heavy atom.